The van der Waals surface area contributed by atoms with Crippen molar-refractivity contribution in [1.82, 2.24) is 0 Å². The van der Waals surface area contributed by atoms with Crippen LogP contribution in [0.3, 0.4) is 0 Å². The average molecular weight is 709 g/mol. The molecule has 0 bridgehead atoms. The Hall–Kier alpha value is -4.13. The van der Waals surface area contributed by atoms with E-state index < -0.39 is 18.0 Å². The van der Waals surface area contributed by atoms with Crippen molar-refractivity contribution in [2.75, 3.05) is 0 Å². The number of halogens is 2. The molecular weight excluding hydrogens is 669 g/mol. The number of allylic oxidation sites excluding steroid dienone is 3. The second-order valence-electron chi connectivity index (χ2n) is 16.1. The summed E-state index contributed by atoms with van der Waals surface area (Å²) >= 11 is 13.5. The standard InChI is InChI=1S/C42H39Cl2NO5/c1-19-16-41(3,4)18-21-7-8-24-22(31(19)21)9-11-26-33(34-29(43)15-28(39(46)47)36(44)35(34)40(48)49)27-12-10-23-25(38(27)50-37(24)26)13-14-30-32(23)20(2)17-42(5,6)45-30/h7-15,19-20,25,38H,16-18H2,1-6H3,(H,46,47)(H,48,49). The molecule has 3 aliphatic carbocycles. The maximum atomic E-state index is 13.0. The van der Waals surface area contributed by atoms with Crippen molar-refractivity contribution >= 4 is 57.2 Å². The molecule has 0 fully saturated rings. The third-order valence-corrected chi connectivity index (χ3v) is 11.9. The van der Waals surface area contributed by atoms with Gasteiger partial charge in [0, 0.05) is 33.6 Å². The van der Waals surface area contributed by atoms with Crippen LogP contribution in [-0.2, 0) is 6.42 Å². The summed E-state index contributed by atoms with van der Waals surface area (Å²) in [6.45, 7) is 13.5. The fourth-order valence-corrected chi connectivity index (χ4v) is 10.3. The van der Waals surface area contributed by atoms with Crippen LogP contribution in [0.25, 0.3) is 16.3 Å². The van der Waals surface area contributed by atoms with Crippen LogP contribution in [-0.4, -0.2) is 39.5 Å². The summed E-state index contributed by atoms with van der Waals surface area (Å²) in [6.07, 6.45) is 10.8. The van der Waals surface area contributed by atoms with Gasteiger partial charge >= 0.3 is 11.9 Å². The highest BCUT2D eigenvalue weighted by Gasteiger charge is 2.44. The summed E-state index contributed by atoms with van der Waals surface area (Å²) < 4.78 is 7.17. The average Bonchev–Trinajstić information content (AvgIpc) is 3.02. The minimum absolute atomic E-state index is 0.00557. The molecule has 2 aliphatic heterocycles. The van der Waals surface area contributed by atoms with Crippen LogP contribution in [0, 0.1) is 17.3 Å². The van der Waals surface area contributed by atoms with Gasteiger partial charge in [0.25, 0.3) is 0 Å². The van der Waals surface area contributed by atoms with E-state index in [0.29, 0.717) is 22.8 Å². The van der Waals surface area contributed by atoms with Gasteiger partial charge in [-0.2, -0.15) is 0 Å². The first-order chi connectivity index (χ1) is 23.6. The van der Waals surface area contributed by atoms with Crippen LogP contribution in [0.2, 0.25) is 10.0 Å². The number of rotatable bonds is 3. The Kier molecular flexibility index (Phi) is 7.39. The van der Waals surface area contributed by atoms with Gasteiger partial charge in [-0.25, -0.2) is 9.59 Å². The fourth-order valence-electron chi connectivity index (χ4n) is 9.68. The summed E-state index contributed by atoms with van der Waals surface area (Å²) in [7, 11) is 0. The van der Waals surface area contributed by atoms with E-state index in [0.717, 1.165) is 46.9 Å². The highest BCUT2D eigenvalue weighted by molar-refractivity contribution is 6.40. The van der Waals surface area contributed by atoms with Gasteiger partial charge in [-0.15, -0.1) is 0 Å². The minimum Gasteiger partial charge on any atom is -0.483 e. The smallest absolute Gasteiger partial charge is 0.337 e. The normalized spacial score (nSPS) is 25.6. The molecule has 3 aromatic carbocycles. The van der Waals surface area contributed by atoms with Gasteiger partial charge in [-0.3, -0.25) is 4.99 Å². The highest BCUT2D eigenvalue weighted by Crippen LogP contribution is 2.54. The van der Waals surface area contributed by atoms with E-state index in [2.05, 4.69) is 78.0 Å². The van der Waals surface area contributed by atoms with Crippen LogP contribution in [0.1, 0.15) is 103 Å². The maximum absolute atomic E-state index is 13.0. The number of aliphatic imine (C=N–C) groups is 1. The summed E-state index contributed by atoms with van der Waals surface area (Å²) in [4.78, 5) is 30.2. The number of ether oxygens (including phenoxy) is 1. The number of carboxylic acid groups (broad SMARTS) is 2. The Morgan fingerprint density at radius 2 is 1.62 bits per heavy atom. The lowest BCUT2D eigenvalue weighted by Crippen LogP contribution is -2.39. The van der Waals surface area contributed by atoms with Crippen molar-refractivity contribution in [3.8, 4) is 5.75 Å². The van der Waals surface area contributed by atoms with Gasteiger partial charge in [-0.1, -0.05) is 87.3 Å². The third-order valence-electron chi connectivity index (χ3n) is 11.2. The van der Waals surface area contributed by atoms with E-state index >= 15 is 0 Å². The van der Waals surface area contributed by atoms with E-state index in [9.17, 15) is 19.8 Å². The molecule has 0 amide bonds. The van der Waals surface area contributed by atoms with Gasteiger partial charge in [0.15, 0.2) is 0 Å². The van der Waals surface area contributed by atoms with Crippen LogP contribution >= 0.6 is 23.2 Å². The maximum Gasteiger partial charge on any atom is 0.337 e. The summed E-state index contributed by atoms with van der Waals surface area (Å²) in [5, 5.41) is 22.2. The number of carbonyl (C=O) groups is 2. The molecular formula is C42H39Cl2NO5. The summed E-state index contributed by atoms with van der Waals surface area (Å²) in [5.41, 5.74) is 7.54. The molecule has 4 atom stereocenters. The van der Waals surface area contributed by atoms with E-state index in [1.165, 1.54) is 22.8 Å². The Labute approximate surface area is 301 Å². The molecule has 3 aromatic rings. The third kappa shape index (κ3) is 4.93. The zero-order valence-electron chi connectivity index (χ0n) is 28.9. The minimum atomic E-state index is -1.36. The molecule has 0 aromatic heterocycles. The fraction of sp³-hybridized carbons (Fsp3) is 0.357. The molecule has 4 unspecified atom stereocenters. The van der Waals surface area contributed by atoms with Gasteiger partial charge in [0.05, 0.1) is 32.4 Å². The molecule has 2 N–H and O–H groups in total. The SMILES string of the molecule is CC1CC(C)(C)N=C2C=CC3C(=C21)C=CC1=C(c2c(Cl)cc(C(=O)O)c(Cl)c2C(=O)O)c2ccc4c5c(ccc4c2OC13)CC(C)(C)CC5C. The van der Waals surface area contributed by atoms with Gasteiger partial charge in [-0.05, 0) is 96.2 Å². The van der Waals surface area contributed by atoms with Crippen molar-refractivity contribution in [3.63, 3.8) is 0 Å². The van der Waals surface area contributed by atoms with Crippen LogP contribution in [0.15, 0.2) is 76.3 Å². The van der Waals surface area contributed by atoms with Gasteiger partial charge in [0.2, 0.25) is 0 Å². The molecule has 0 saturated heterocycles. The number of benzene rings is 3. The lowest BCUT2D eigenvalue weighted by Gasteiger charge is -2.42. The largest absolute Gasteiger partial charge is 0.483 e. The molecule has 8 heteroatoms. The predicted molar refractivity (Wildman–Crippen MR) is 199 cm³/mol. The zero-order chi connectivity index (χ0) is 35.6. The second kappa shape index (κ2) is 11.2. The lowest BCUT2D eigenvalue weighted by molar-refractivity contribution is 0.0695. The molecule has 6 nitrogen and oxygen atoms in total. The van der Waals surface area contributed by atoms with Crippen LogP contribution < -0.4 is 4.74 Å². The number of carboxylic acids is 2. The molecule has 8 rings (SSSR count). The summed E-state index contributed by atoms with van der Waals surface area (Å²) in [6, 6.07) is 9.71. The van der Waals surface area contributed by atoms with Gasteiger partial charge < -0.3 is 14.9 Å². The zero-order valence-corrected chi connectivity index (χ0v) is 30.5. The molecule has 2 heterocycles. The summed E-state index contributed by atoms with van der Waals surface area (Å²) in [5.74, 6) is -1.63. The first-order valence-electron chi connectivity index (χ1n) is 17.3. The molecule has 50 heavy (non-hydrogen) atoms. The Morgan fingerprint density at radius 1 is 0.900 bits per heavy atom. The first-order valence-corrected chi connectivity index (χ1v) is 18.0. The molecule has 256 valence electrons. The predicted octanol–water partition coefficient (Wildman–Crippen LogP) is 10.5. The number of hydrogen-bond acceptors (Lipinski definition) is 4. The number of nitrogens with zero attached hydrogens (tertiary/aromatic N) is 1. The van der Waals surface area contributed by atoms with Crippen molar-refractivity contribution in [2.24, 2.45) is 22.2 Å². The number of fused-ring (bicyclic) bond motifs is 9. The molecule has 0 saturated carbocycles. The second-order valence-corrected chi connectivity index (χ2v) is 16.9. The van der Waals surface area contributed by atoms with Crippen molar-refractivity contribution in [2.45, 2.75) is 78.4 Å². The molecule has 0 spiro atoms. The monoisotopic (exact) mass is 707 g/mol. The topological polar surface area (TPSA) is 96.2 Å². The Balaban J connectivity index is 1.44. The van der Waals surface area contributed by atoms with E-state index in [-0.39, 0.29) is 49.5 Å². The van der Waals surface area contributed by atoms with Crippen molar-refractivity contribution in [1.29, 1.82) is 0 Å². The van der Waals surface area contributed by atoms with E-state index in [1.54, 1.807) is 0 Å². The van der Waals surface area contributed by atoms with Crippen molar-refractivity contribution in [3.05, 3.63) is 115 Å². The molecule has 5 aliphatic rings. The molecule has 0 radical (unpaired) electrons. The first kappa shape index (κ1) is 33.0. The highest BCUT2D eigenvalue weighted by atomic mass is 35.5. The lowest BCUT2D eigenvalue weighted by atomic mass is 9.68. The number of aromatic carboxylic acids is 2. The Bertz CT molecular complexity index is 2250. The van der Waals surface area contributed by atoms with Crippen molar-refractivity contribution < 1.29 is 24.5 Å². The van der Waals surface area contributed by atoms with Gasteiger partial charge in [0.1, 0.15) is 11.9 Å². The quantitative estimate of drug-likeness (QED) is 0.282. The van der Waals surface area contributed by atoms with E-state index in [1.807, 2.05) is 12.1 Å². The van der Waals surface area contributed by atoms with Crippen LogP contribution in [0.4, 0.5) is 0 Å². The van der Waals surface area contributed by atoms with E-state index in [4.69, 9.17) is 32.9 Å². The number of hydrogen-bond donors (Lipinski definition) is 2. The Morgan fingerprint density at radius 3 is 2.34 bits per heavy atom. The van der Waals surface area contributed by atoms with Crippen LogP contribution in [0.5, 0.6) is 5.75 Å².